The Kier molecular flexibility index (Phi) is 14.4. The minimum Gasteiger partial charge on any atom is -0.463 e. The largest absolute Gasteiger partial charge is 0.463 e. The van der Waals surface area contributed by atoms with E-state index in [4.69, 9.17) is 21.1 Å². The second kappa shape index (κ2) is 16.5. The van der Waals surface area contributed by atoms with Gasteiger partial charge in [-0.05, 0) is 31.5 Å². The van der Waals surface area contributed by atoms with Crippen molar-refractivity contribution in [2.45, 2.75) is 97.5 Å². The number of nitrogens with one attached hydrogen (secondary N) is 1. The van der Waals surface area contributed by atoms with E-state index in [-0.39, 0.29) is 17.9 Å². The molecule has 0 aliphatic carbocycles. The van der Waals surface area contributed by atoms with Crippen molar-refractivity contribution >= 4 is 35.1 Å². The molecule has 0 aliphatic rings. The van der Waals surface area contributed by atoms with Crippen molar-refractivity contribution in [2.24, 2.45) is 0 Å². The van der Waals surface area contributed by atoms with Crippen LogP contribution in [0.15, 0.2) is 18.2 Å². The lowest BCUT2D eigenvalue weighted by molar-refractivity contribution is -0.153. The molecule has 0 saturated carbocycles. The van der Waals surface area contributed by atoms with Gasteiger partial charge >= 0.3 is 11.9 Å². The van der Waals surface area contributed by atoms with Crippen molar-refractivity contribution in [3.05, 3.63) is 28.8 Å². The molecule has 1 atom stereocenters. The van der Waals surface area contributed by atoms with E-state index in [1.54, 1.807) is 6.92 Å². The number of anilines is 1. The summed E-state index contributed by atoms with van der Waals surface area (Å²) in [6, 6.07) is 4.41. The Morgan fingerprint density at radius 3 is 2.12 bits per heavy atom. The van der Waals surface area contributed by atoms with Gasteiger partial charge in [-0.1, -0.05) is 83.2 Å². The number of hydrogen-bond acceptors (Lipinski definition) is 5. The van der Waals surface area contributed by atoms with Gasteiger partial charge in [-0.15, -0.1) is 0 Å². The van der Waals surface area contributed by atoms with E-state index >= 15 is 0 Å². The monoisotopic (exact) mass is 467 g/mol. The Balaban J connectivity index is 2.27. The number of hydrogen-bond donors (Lipinski definition) is 1. The topological polar surface area (TPSA) is 81.7 Å². The molecular formula is C25H38ClNO5. The summed E-state index contributed by atoms with van der Waals surface area (Å²) in [4.78, 5) is 36.0. The van der Waals surface area contributed by atoms with Crippen LogP contribution in [0.4, 0.5) is 5.69 Å². The standard InChI is InChI=1S/C25H38ClNO5/c1-4-6-7-8-9-10-11-12-13-14-17-31-24(29)19(3)32-25(30)20-15-16-21(26)22(18-20)27-23(28)5-2/h15-16,18-19H,4-14,17H2,1-3H3,(H,27,28). The first kappa shape index (κ1) is 28.0. The number of halogens is 1. The molecule has 1 unspecified atom stereocenters. The average Bonchev–Trinajstić information content (AvgIpc) is 2.78. The number of benzene rings is 1. The van der Waals surface area contributed by atoms with Gasteiger partial charge in [0.25, 0.3) is 0 Å². The maximum atomic E-state index is 12.4. The molecule has 1 amide bonds. The van der Waals surface area contributed by atoms with E-state index in [0.29, 0.717) is 17.3 Å². The Hall–Kier alpha value is -2.08. The van der Waals surface area contributed by atoms with Crippen LogP contribution in [-0.2, 0) is 19.1 Å². The van der Waals surface area contributed by atoms with E-state index in [0.717, 1.165) is 19.3 Å². The first-order chi connectivity index (χ1) is 15.4. The van der Waals surface area contributed by atoms with Gasteiger partial charge in [0, 0.05) is 6.42 Å². The third-order valence-electron chi connectivity index (χ3n) is 5.16. The molecule has 0 aromatic heterocycles. The third kappa shape index (κ3) is 11.5. The van der Waals surface area contributed by atoms with Crippen molar-refractivity contribution in [2.75, 3.05) is 11.9 Å². The molecule has 7 heteroatoms. The van der Waals surface area contributed by atoms with Gasteiger partial charge in [0.2, 0.25) is 5.91 Å². The van der Waals surface area contributed by atoms with Crippen LogP contribution in [0, 0.1) is 0 Å². The summed E-state index contributed by atoms with van der Waals surface area (Å²) in [6.07, 6.45) is 11.3. The second-order valence-electron chi connectivity index (χ2n) is 7.99. The number of amides is 1. The molecule has 1 aromatic rings. The Bertz CT molecular complexity index is 722. The van der Waals surface area contributed by atoms with Crippen LogP contribution in [0.2, 0.25) is 5.02 Å². The van der Waals surface area contributed by atoms with Gasteiger partial charge in [0.15, 0.2) is 6.10 Å². The zero-order chi connectivity index (χ0) is 23.8. The van der Waals surface area contributed by atoms with Gasteiger partial charge in [-0.3, -0.25) is 4.79 Å². The smallest absolute Gasteiger partial charge is 0.347 e. The van der Waals surface area contributed by atoms with Gasteiger partial charge < -0.3 is 14.8 Å². The van der Waals surface area contributed by atoms with Crippen molar-refractivity contribution in [1.82, 2.24) is 0 Å². The molecule has 0 aliphatic heterocycles. The summed E-state index contributed by atoms with van der Waals surface area (Å²) >= 11 is 6.05. The van der Waals surface area contributed by atoms with Crippen molar-refractivity contribution in [3.8, 4) is 0 Å². The zero-order valence-electron chi connectivity index (χ0n) is 19.7. The predicted molar refractivity (Wildman–Crippen MR) is 128 cm³/mol. The van der Waals surface area contributed by atoms with Crippen molar-refractivity contribution in [1.29, 1.82) is 0 Å². The zero-order valence-corrected chi connectivity index (χ0v) is 20.5. The highest BCUT2D eigenvalue weighted by atomic mass is 35.5. The second-order valence-corrected chi connectivity index (χ2v) is 8.40. The highest BCUT2D eigenvalue weighted by molar-refractivity contribution is 6.33. The molecule has 180 valence electrons. The minimum absolute atomic E-state index is 0.190. The van der Waals surface area contributed by atoms with E-state index in [1.165, 1.54) is 70.1 Å². The lowest BCUT2D eigenvalue weighted by Gasteiger charge is -2.14. The van der Waals surface area contributed by atoms with Gasteiger partial charge in [0.1, 0.15) is 0 Å². The maximum absolute atomic E-state index is 12.4. The van der Waals surface area contributed by atoms with Crippen LogP contribution in [0.1, 0.15) is 102 Å². The molecule has 0 heterocycles. The number of unbranched alkanes of at least 4 members (excludes halogenated alkanes) is 9. The molecule has 0 radical (unpaired) electrons. The molecule has 6 nitrogen and oxygen atoms in total. The fourth-order valence-corrected chi connectivity index (χ4v) is 3.31. The van der Waals surface area contributed by atoms with Crippen molar-refractivity contribution in [3.63, 3.8) is 0 Å². The Morgan fingerprint density at radius 1 is 0.938 bits per heavy atom. The molecule has 1 N–H and O–H groups in total. The lowest BCUT2D eigenvalue weighted by Crippen LogP contribution is -2.26. The van der Waals surface area contributed by atoms with Gasteiger partial charge in [-0.2, -0.15) is 0 Å². The molecule has 0 spiro atoms. The van der Waals surface area contributed by atoms with E-state index < -0.39 is 18.0 Å². The van der Waals surface area contributed by atoms with E-state index in [1.807, 2.05) is 0 Å². The quantitative estimate of drug-likeness (QED) is 0.216. The summed E-state index contributed by atoms with van der Waals surface area (Å²) in [5.41, 5.74) is 0.513. The summed E-state index contributed by atoms with van der Waals surface area (Å²) in [5.74, 6) is -1.47. The molecule has 32 heavy (non-hydrogen) atoms. The SMILES string of the molecule is CCCCCCCCCCCCOC(=O)C(C)OC(=O)c1ccc(Cl)c(NC(=O)CC)c1. The number of rotatable bonds is 16. The maximum Gasteiger partial charge on any atom is 0.347 e. The normalized spacial score (nSPS) is 11.6. The first-order valence-electron chi connectivity index (χ1n) is 11.9. The number of ether oxygens (including phenoxy) is 2. The molecule has 0 bridgehead atoms. The highest BCUT2D eigenvalue weighted by Crippen LogP contribution is 2.24. The van der Waals surface area contributed by atoms with Crippen LogP contribution in [-0.4, -0.2) is 30.6 Å². The Labute approximate surface area is 197 Å². The van der Waals surface area contributed by atoms with Gasteiger partial charge in [0.05, 0.1) is 22.9 Å². The van der Waals surface area contributed by atoms with Gasteiger partial charge in [-0.25, -0.2) is 9.59 Å². The summed E-state index contributed by atoms with van der Waals surface area (Å²) in [5, 5.41) is 2.94. The van der Waals surface area contributed by atoms with Crippen LogP contribution >= 0.6 is 11.6 Å². The predicted octanol–water partition coefficient (Wildman–Crippen LogP) is 6.70. The molecule has 0 saturated heterocycles. The van der Waals surface area contributed by atoms with Crippen molar-refractivity contribution < 1.29 is 23.9 Å². The van der Waals surface area contributed by atoms with Crippen LogP contribution in [0.5, 0.6) is 0 Å². The molecule has 0 fully saturated rings. The first-order valence-corrected chi connectivity index (χ1v) is 12.2. The average molecular weight is 468 g/mol. The summed E-state index contributed by atoms with van der Waals surface area (Å²) in [7, 11) is 0. The van der Waals surface area contributed by atoms with Crippen LogP contribution < -0.4 is 5.32 Å². The van der Waals surface area contributed by atoms with Crippen LogP contribution in [0.25, 0.3) is 0 Å². The van der Waals surface area contributed by atoms with Crippen LogP contribution in [0.3, 0.4) is 0 Å². The van der Waals surface area contributed by atoms with E-state index in [2.05, 4.69) is 12.2 Å². The highest BCUT2D eigenvalue weighted by Gasteiger charge is 2.21. The summed E-state index contributed by atoms with van der Waals surface area (Å²) < 4.78 is 10.4. The minimum atomic E-state index is -1.02. The number of esters is 2. The molecule has 1 aromatic carbocycles. The molecule has 1 rings (SSSR count). The molecular weight excluding hydrogens is 430 g/mol. The van der Waals surface area contributed by atoms with E-state index in [9.17, 15) is 14.4 Å². The Morgan fingerprint density at radius 2 is 1.53 bits per heavy atom. The lowest BCUT2D eigenvalue weighted by atomic mass is 10.1. The fourth-order valence-electron chi connectivity index (χ4n) is 3.14. The fraction of sp³-hybridized carbons (Fsp3) is 0.640. The number of carbonyl (C=O) groups excluding carboxylic acids is 3. The number of carbonyl (C=O) groups is 3. The summed E-state index contributed by atoms with van der Waals surface area (Å²) in [6.45, 7) is 5.74. The third-order valence-corrected chi connectivity index (χ3v) is 5.48.